The van der Waals surface area contributed by atoms with Gasteiger partial charge in [-0.3, -0.25) is 9.79 Å². The predicted molar refractivity (Wildman–Crippen MR) is 94.8 cm³/mol. The Morgan fingerprint density at radius 2 is 1.90 bits per heavy atom. The summed E-state index contributed by atoms with van der Waals surface area (Å²) >= 11 is 0. The van der Waals surface area contributed by atoms with E-state index in [4.69, 9.17) is 0 Å². The Morgan fingerprint density at radius 1 is 1.20 bits per heavy atom. The van der Waals surface area contributed by atoms with Crippen LogP contribution in [0.4, 0.5) is 5.69 Å². The number of hydrogen-bond acceptors (Lipinski definition) is 2. The summed E-state index contributed by atoms with van der Waals surface area (Å²) in [6.45, 7) is 3.18. The minimum Gasteiger partial charge on any atom is -0.356 e. The average Bonchev–Trinajstić information content (AvgIpc) is 2.44. The Bertz CT molecular complexity index is 409. The first-order chi connectivity index (χ1) is 9.26. The highest BCUT2D eigenvalue weighted by Gasteiger charge is 2.03. The van der Waals surface area contributed by atoms with Gasteiger partial charge in [0, 0.05) is 19.3 Å². The quantitative estimate of drug-likeness (QED) is 0.302. The van der Waals surface area contributed by atoms with Crippen LogP contribution in [0.1, 0.15) is 19.8 Å². The summed E-state index contributed by atoms with van der Waals surface area (Å²) in [5, 5.41) is 8.93. The Balaban J connectivity index is 0.00000361. The number of nitrogens with one attached hydrogen (secondary N) is 3. The van der Waals surface area contributed by atoms with Gasteiger partial charge in [0.15, 0.2) is 5.96 Å². The molecule has 0 heterocycles. The van der Waals surface area contributed by atoms with Gasteiger partial charge in [0.1, 0.15) is 0 Å². The number of amides is 1. The van der Waals surface area contributed by atoms with Crippen molar-refractivity contribution in [2.75, 3.05) is 25.5 Å². The summed E-state index contributed by atoms with van der Waals surface area (Å²) in [5.41, 5.74) is 0.795. The van der Waals surface area contributed by atoms with Crippen LogP contribution in [0.3, 0.4) is 0 Å². The number of anilines is 1. The fourth-order valence-corrected chi connectivity index (χ4v) is 1.49. The molecule has 112 valence electrons. The van der Waals surface area contributed by atoms with Crippen LogP contribution >= 0.6 is 24.0 Å². The highest BCUT2D eigenvalue weighted by atomic mass is 127. The van der Waals surface area contributed by atoms with Gasteiger partial charge in [-0.15, -0.1) is 24.0 Å². The molecule has 3 N–H and O–H groups in total. The van der Waals surface area contributed by atoms with Crippen molar-refractivity contribution in [3.05, 3.63) is 30.3 Å². The highest BCUT2D eigenvalue weighted by molar-refractivity contribution is 14.0. The molecule has 0 aliphatic heterocycles. The van der Waals surface area contributed by atoms with Crippen LogP contribution in [0, 0.1) is 0 Å². The lowest BCUT2D eigenvalue weighted by Crippen LogP contribution is -2.41. The van der Waals surface area contributed by atoms with Crippen molar-refractivity contribution in [2.24, 2.45) is 4.99 Å². The van der Waals surface area contributed by atoms with Gasteiger partial charge in [0.25, 0.3) is 0 Å². The molecule has 0 radical (unpaired) electrons. The monoisotopic (exact) mass is 390 g/mol. The SMILES string of the molecule is CCCCNC(=NC)NCC(=O)Nc1ccccc1.I. The smallest absolute Gasteiger partial charge is 0.243 e. The van der Waals surface area contributed by atoms with Gasteiger partial charge in [-0.2, -0.15) is 0 Å². The summed E-state index contributed by atoms with van der Waals surface area (Å²) in [4.78, 5) is 15.8. The van der Waals surface area contributed by atoms with Gasteiger partial charge in [0.05, 0.1) is 6.54 Å². The van der Waals surface area contributed by atoms with E-state index in [2.05, 4.69) is 27.9 Å². The molecule has 1 aromatic carbocycles. The second-order valence-corrected chi connectivity index (χ2v) is 4.12. The Morgan fingerprint density at radius 3 is 2.50 bits per heavy atom. The summed E-state index contributed by atoms with van der Waals surface area (Å²) in [6.07, 6.45) is 2.20. The zero-order valence-corrected chi connectivity index (χ0v) is 14.3. The van der Waals surface area contributed by atoms with Gasteiger partial charge in [-0.25, -0.2) is 0 Å². The maximum Gasteiger partial charge on any atom is 0.243 e. The molecule has 0 saturated heterocycles. The molecule has 5 nitrogen and oxygen atoms in total. The highest BCUT2D eigenvalue weighted by Crippen LogP contribution is 2.03. The molecule has 0 fully saturated rings. The molecule has 0 spiro atoms. The average molecular weight is 390 g/mol. The van der Waals surface area contributed by atoms with E-state index in [-0.39, 0.29) is 36.4 Å². The van der Waals surface area contributed by atoms with Crippen molar-refractivity contribution in [2.45, 2.75) is 19.8 Å². The van der Waals surface area contributed by atoms with E-state index in [1.807, 2.05) is 30.3 Å². The third-order valence-electron chi connectivity index (χ3n) is 2.52. The number of carbonyl (C=O) groups excluding carboxylic acids is 1. The van der Waals surface area contributed by atoms with E-state index in [0.29, 0.717) is 5.96 Å². The molecule has 0 aliphatic rings. The third kappa shape index (κ3) is 7.98. The molecule has 1 aromatic rings. The van der Waals surface area contributed by atoms with Crippen molar-refractivity contribution in [1.82, 2.24) is 10.6 Å². The number of nitrogens with zero attached hydrogens (tertiary/aromatic N) is 1. The molecule has 1 rings (SSSR count). The number of carbonyl (C=O) groups is 1. The Kier molecular flexibility index (Phi) is 10.8. The van der Waals surface area contributed by atoms with E-state index < -0.39 is 0 Å². The lowest BCUT2D eigenvalue weighted by Gasteiger charge is -2.11. The predicted octanol–water partition coefficient (Wildman–Crippen LogP) is 2.21. The van der Waals surface area contributed by atoms with Crippen LogP contribution in [0.15, 0.2) is 35.3 Å². The first kappa shape index (κ1) is 18.7. The summed E-state index contributed by atoms with van der Waals surface area (Å²) in [7, 11) is 1.69. The van der Waals surface area contributed by atoms with Crippen molar-refractivity contribution in [1.29, 1.82) is 0 Å². The number of para-hydroxylation sites is 1. The second-order valence-electron chi connectivity index (χ2n) is 4.12. The molecule has 0 bridgehead atoms. The van der Waals surface area contributed by atoms with Crippen LogP contribution < -0.4 is 16.0 Å². The van der Waals surface area contributed by atoms with E-state index in [9.17, 15) is 4.79 Å². The maximum absolute atomic E-state index is 11.7. The molecule has 0 aromatic heterocycles. The largest absolute Gasteiger partial charge is 0.356 e. The van der Waals surface area contributed by atoms with Crippen molar-refractivity contribution >= 4 is 41.5 Å². The normalized spacial score (nSPS) is 10.4. The van der Waals surface area contributed by atoms with Crippen molar-refractivity contribution in [3.8, 4) is 0 Å². The number of rotatable bonds is 6. The molecular formula is C14H23IN4O. The Labute approximate surface area is 137 Å². The van der Waals surface area contributed by atoms with Gasteiger partial charge in [-0.05, 0) is 18.6 Å². The molecule has 1 amide bonds. The topological polar surface area (TPSA) is 65.5 Å². The van der Waals surface area contributed by atoms with Gasteiger partial charge in [-0.1, -0.05) is 31.5 Å². The molecular weight excluding hydrogens is 367 g/mol. The third-order valence-corrected chi connectivity index (χ3v) is 2.52. The molecule has 0 unspecified atom stereocenters. The molecule has 6 heteroatoms. The summed E-state index contributed by atoms with van der Waals surface area (Å²) in [5.74, 6) is 0.557. The molecule has 0 aliphatic carbocycles. The lowest BCUT2D eigenvalue weighted by molar-refractivity contribution is -0.115. The summed E-state index contributed by atoms with van der Waals surface area (Å²) < 4.78 is 0. The number of hydrogen-bond donors (Lipinski definition) is 3. The minimum atomic E-state index is -0.0929. The fourth-order valence-electron chi connectivity index (χ4n) is 1.49. The van der Waals surface area contributed by atoms with Crippen LogP contribution in [-0.2, 0) is 4.79 Å². The zero-order valence-electron chi connectivity index (χ0n) is 12.0. The van der Waals surface area contributed by atoms with E-state index in [0.717, 1.165) is 25.1 Å². The van der Waals surface area contributed by atoms with Crippen LogP contribution in [0.5, 0.6) is 0 Å². The number of halogens is 1. The summed E-state index contributed by atoms with van der Waals surface area (Å²) in [6, 6.07) is 9.38. The maximum atomic E-state index is 11.7. The van der Waals surface area contributed by atoms with E-state index in [1.165, 1.54) is 0 Å². The number of benzene rings is 1. The van der Waals surface area contributed by atoms with E-state index >= 15 is 0 Å². The van der Waals surface area contributed by atoms with Gasteiger partial charge in [0.2, 0.25) is 5.91 Å². The van der Waals surface area contributed by atoms with Gasteiger partial charge >= 0.3 is 0 Å². The first-order valence-electron chi connectivity index (χ1n) is 6.55. The van der Waals surface area contributed by atoms with E-state index in [1.54, 1.807) is 7.05 Å². The minimum absolute atomic E-state index is 0. The van der Waals surface area contributed by atoms with Crippen LogP contribution in [-0.4, -0.2) is 32.0 Å². The van der Waals surface area contributed by atoms with Crippen molar-refractivity contribution in [3.63, 3.8) is 0 Å². The lowest BCUT2D eigenvalue weighted by atomic mass is 10.3. The molecule has 0 atom stereocenters. The number of guanidine groups is 1. The zero-order chi connectivity index (χ0) is 13.9. The van der Waals surface area contributed by atoms with Gasteiger partial charge < -0.3 is 16.0 Å². The standard InChI is InChI=1S/C14H22N4O.HI/c1-3-4-10-16-14(15-2)17-11-13(19)18-12-8-6-5-7-9-12;/h5-9H,3-4,10-11H2,1-2H3,(H,18,19)(H2,15,16,17);1H. The van der Waals surface area contributed by atoms with Crippen LogP contribution in [0.2, 0.25) is 0 Å². The van der Waals surface area contributed by atoms with Crippen molar-refractivity contribution < 1.29 is 4.79 Å². The van der Waals surface area contributed by atoms with Crippen LogP contribution in [0.25, 0.3) is 0 Å². The Hall–Kier alpha value is -1.31. The number of aliphatic imine (C=N–C) groups is 1. The first-order valence-corrected chi connectivity index (χ1v) is 6.55. The second kappa shape index (κ2) is 11.5. The molecule has 0 saturated carbocycles. The molecule has 20 heavy (non-hydrogen) atoms. The fraction of sp³-hybridized carbons (Fsp3) is 0.429. The number of unbranched alkanes of at least 4 members (excludes halogenated alkanes) is 1.